The van der Waals surface area contributed by atoms with Crippen molar-refractivity contribution in [3.05, 3.63) is 0 Å². The van der Waals surface area contributed by atoms with Crippen LogP contribution in [0.4, 0.5) is 0 Å². The van der Waals surface area contributed by atoms with Crippen molar-refractivity contribution in [3.8, 4) is 6.07 Å². The quantitative estimate of drug-likeness (QED) is 0.595. The summed E-state index contributed by atoms with van der Waals surface area (Å²) in [5.41, 5.74) is 0. The van der Waals surface area contributed by atoms with Crippen molar-refractivity contribution in [3.63, 3.8) is 0 Å². The average Bonchev–Trinajstić information content (AvgIpc) is 2.03. The second-order valence-corrected chi connectivity index (χ2v) is 4.92. The number of nitrogens with zero attached hydrogens (tertiary/aromatic N) is 3. The van der Waals surface area contributed by atoms with Crippen molar-refractivity contribution in [2.75, 3.05) is 27.2 Å². The monoisotopic (exact) mass is 205 g/mol. The van der Waals surface area contributed by atoms with Gasteiger partial charge in [-0.3, -0.25) is 0 Å². The molecule has 0 aliphatic carbocycles. The van der Waals surface area contributed by atoms with E-state index < -0.39 is 10.2 Å². The third-order valence-electron chi connectivity index (χ3n) is 1.51. The first-order valence-corrected chi connectivity index (χ1v) is 5.41. The molecule has 0 unspecified atom stereocenters. The topological polar surface area (TPSA) is 64.4 Å². The Kier molecular flexibility index (Phi) is 4.91. The largest absolute Gasteiger partial charge is 0.282 e. The van der Waals surface area contributed by atoms with Gasteiger partial charge in [-0.1, -0.05) is 6.92 Å². The standard InChI is InChI=1S/C7H15N3O2S/c1-4-6-10(7-5-8)13(11,12)9(2)3/h4,6-7H2,1-3H3. The van der Waals surface area contributed by atoms with Gasteiger partial charge in [0.25, 0.3) is 10.2 Å². The van der Waals surface area contributed by atoms with E-state index in [0.717, 1.165) is 8.61 Å². The van der Waals surface area contributed by atoms with Gasteiger partial charge >= 0.3 is 0 Å². The number of nitriles is 1. The zero-order valence-corrected chi connectivity index (χ0v) is 9.00. The molecule has 13 heavy (non-hydrogen) atoms. The lowest BCUT2D eigenvalue weighted by molar-refractivity contribution is 0.399. The van der Waals surface area contributed by atoms with Crippen molar-refractivity contribution < 1.29 is 8.42 Å². The molecule has 0 aliphatic rings. The van der Waals surface area contributed by atoms with Crippen LogP contribution >= 0.6 is 0 Å². The molecule has 0 aromatic carbocycles. The van der Waals surface area contributed by atoms with Gasteiger partial charge in [-0.15, -0.1) is 0 Å². The van der Waals surface area contributed by atoms with Gasteiger partial charge in [-0.25, -0.2) is 0 Å². The van der Waals surface area contributed by atoms with Crippen molar-refractivity contribution in [2.24, 2.45) is 0 Å². The predicted molar refractivity (Wildman–Crippen MR) is 50.1 cm³/mol. The van der Waals surface area contributed by atoms with E-state index in [2.05, 4.69) is 0 Å². The lowest BCUT2D eigenvalue weighted by atomic mass is 10.5. The molecule has 0 atom stereocenters. The highest BCUT2D eigenvalue weighted by molar-refractivity contribution is 7.86. The first-order chi connectivity index (χ1) is 5.96. The smallest absolute Gasteiger partial charge is 0.197 e. The van der Waals surface area contributed by atoms with E-state index in [9.17, 15) is 8.42 Å². The molecule has 0 amide bonds. The summed E-state index contributed by atoms with van der Waals surface area (Å²) < 4.78 is 25.3. The maximum atomic E-state index is 11.5. The van der Waals surface area contributed by atoms with Gasteiger partial charge < -0.3 is 0 Å². The normalized spacial score (nSPS) is 12.0. The highest BCUT2D eigenvalue weighted by atomic mass is 32.2. The average molecular weight is 205 g/mol. The van der Waals surface area contributed by atoms with Crippen LogP contribution in [0.2, 0.25) is 0 Å². The minimum atomic E-state index is -3.42. The molecular weight excluding hydrogens is 190 g/mol. The molecular formula is C7H15N3O2S. The summed E-state index contributed by atoms with van der Waals surface area (Å²) in [7, 11) is -0.512. The number of rotatable bonds is 5. The van der Waals surface area contributed by atoms with E-state index in [1.54, 1.807) is 0 Å². The van der Waals surface area contributed by atoms with Crippen LogP contribution in [0.25, 0.3) is 0 Å². The molecule has 0 heterocycles. The second kappa shape index (κ2) is 5.17. The van der Waals surface area contributed by atoms with E-state index in [-0.39, 0.29) is 6.54 Å². The zero-order chi connectivity index (χ0) is 10.5. The highest BCUT2D eigenvalue weighted by Crippen LogP contribution is 2.04. The molecule has 0 rings (SSSR count). The molecule has 0 aromatic rings. The summed E-state index contributed by atoms with van der Waals surface area (Å²) in [5.74, 6) is 0. The minimum Gasteiger partial charge on any atom is -0.197 e. The van der Waals surface area contributed by atoms with Gasteiger partial charge in [0, 0.05) is 20.6 Å². The number of hydrogen-bond acceptors (Lipinski definition) is 3. The van der Waals surface area contributed by atoms with E-state index in [4.69, 9.17) is 5.26 Å². The Hall–Kier alpha value is -0.640. The molecule has 0 aromatic heterocycles. The molecule has 0 saturated carbocycles. The van der Waals surface area contributed by atoms with Gasteiger partial charge in [0.2, 0.25) is 0 Å². The van der Waals surface area contributed by atoms with Crippen LogP contribution < -0.4 is 0 Å². The van der Waals surface area contributed by atoms with E-state index in [1.165, 1.54) is 14.1 Å². The third kappa shape index (κ3) is 3.30. The molecule has 6 heteroatoms. The van der Waals surface area contributed by atoms with Crippen LogP contribution in [0.5, 0.6) is 0 Å². The Morgan fingerprint density at radius 2 is 1.92 bits per heavy atom. The van der Waals surface area contributed by atoms with Crippen LogP contribution in [0, 0.1) is 11.3 Å². The fourth-order valence-corrected chi connectivity index (χ4v) is 1.93. The van der Waals surface area contributed by atoms with Crippen LogP contribution in [-0.4, -0.2) is 44.2 Å². The van der Waals surface area contributed by atoms with Crippen molar-refractivity contribution in [1.82, 2.24) is 8.61 Å². The van der Waals surface area contributed by atoms with Gasteiger partial charge in [-0.05, 0) is 6.42 Å². The summed E-state index contributed by atoms with van der Waals surface area (Å²) in [5, 5.41) is 8.43. The minimum absolute atomic E-state index is 0.0889. The molecule has 5 nitrogen and oxygen atoms in total. The van der Waals surface area contributed by atoms with E-state index >= 15 is 0 Å². The fraction of sp³-hybridized carbons (Fsp3) is 0.857. The van der Waals surface area contributed by atoms with Crippen LogP contribution in [-0.2, 0) is 10.2 Å². The molecule has 0 radical (unpaired) electrons. The first kappa shape index (κ1) is 12.4. The Morgan fingerprint density at radius 1 is 1.38 bits per heavy atom. The summed E-state index contributed by atoms with van der Waals surface area (Å²) in [6.07, 6.45) is 0.703. The van der Waals surface area contributed by atoms with Gasteiger partial charge in [0.05, 0.1) is 6.07 Å². The lowest BCUT2D eigenvalue weighted by Gasteiger charge is -2.22. The molecule has 0 aliphatic heterocycles. The highest BCUT2D eigenvalue weighted by Gasteiger charge is 2.22. The molecule has 0 spiro atoms. The van der Waals surface area contributed by atoms with Crippen LogP contribution in [0.1, 0.15) is 13.3 Å². The summed E-state index contributed by atoms with van der Waals surface area (Å²) >= 11 is 0. The fourth-order valence-electron chi connectivity index (χ4n) is 0.835. The lowest BCUT2D eigenvalue weighted by Crippen LogP contribution is -2.40. The Labute approximate surface area is 79.7 Å². The Balaban J connectivity index is 4.65. The predicted octanol–water partition coefficient (Wildman–Crippen LogP) is 0.0284. The molecule has 0 bridgehead atoms. The first-order valence-electron chi connectivity index (χ1n) is 4.01. The maximum Gasteiger partial charge on any atom is 0.282 e. The Morgan fingerprint density at radius 3 is 2.23 bits per heavy atom. The van der Waals surface area contributed by atoms with Gasteiger partial charge in [0.15, 0.2) is 0 Å². The Bertz CT molecular complexity index is 279. The summed E-state index contributed by atoms with van der Waals surface area (Å²) in [6.45, 7) is 2.16. The van der Waals surface area contributed by atoms with E-state index in [0.29, 0.717) is 13.0 Å². The molecule has 0 fully saturated rings. The zero-order valence-electron chi connectivity index (χ0n) is 8.19. The second-order valence-electron chi connectivity index (χ2n) is 2.78. The summed E-state index contributed by atoms with van der Waals surface area (Å²) in [6, 6.07) is 1.83. The van der Waals surface area contributed by atoms with E-state index in [1.807, 2.05) is 13.0 Å². The van der Waals surface area contributed by atoms with Crippen LogP contribution in [0.3, 0.4) is 0 Å². The molecule has 0 N–H and O–H groups in total. The van der Waals surface area contributed by atoms with Crippen LogP contribution in [0.15, 0.2) is 0 Å². The summed E-state index contributed by atoms with van der Waals surface area (Å²) in [4.78, 5) is 0. The van der Waals surface area contributed by atoms with Crippen molar-refractivity contribution in [1.29, 1.82) is 5.26 Å². The molecule has 76 valence electrons. The van der Waals surface area contributed by atoms with Crippen molar-refractivity contribution >= 4 is 10.2 Å². The molecule has 0 saturated heterocycles. The number of hydrogen-bond donors (Lipinski definition) is 0. The van der Waals surface area contributed by atoms with Gasteiger partial charge in [0.1, 0.15) is 6.54 Å². The van der Waals surface area contributed by atoms with Crippen molar-refractivity contribution in [2.45, 2.75) is 13.3 Å². The maximum absolute atomic E-state index is 11.5. The third-order valence-corrected chi connectivity index (χ3v) is 3.39. The van der Waals surface area contributed by atoms with Gasteiger partial charge in [-0.2, -0.15) is 22.3 Å². The SMILES string of the molecule is CCCN(CC#N)S(=O)(=O)N(C)C.